The van der Waals surface area contributed by atoms with Gasteiger partial charge in [0.25, 0.3) is 0 Å². The SMILES string of the molecule is CN(CCO)c1cc(NCCc2cc[nH]c2)ncn1. The predicted molar refractivity (Wildman–Crippen MR) is 75.4 cm³/mol. The molecule has 0 atom stereocenters. The highest BCUT2D eigenvalue weighted by molar-refractivity contribution is 5.47. The van der Waals surface area contributed by atoms with Crippen molar-refractivity contribution in [3.05, 3.63) is 36.4 Å². The molecule has 0 bridgehead atoms. The van der Waals surface area contributed by atoms with Gasteiger partial charge < -0.3 is 20.3 Å². The van der Waals surface area contributed by atoms with Crippen molar-refractivity contribution in [3.63, 3.8) is 0 Å². The van der Waals surface area contributed by atoms with E-state index < -0.39 is 0 Å². The van der Waals surface area contributed by atoms with Crippen molar-refractivity contribution in [1.82, 2.24) is 15.0 Å². The van der Waals surface area contributed by atoms with Gasteiger partial charge >= 0.3 is 0 Å². The number of rotatable bonds is 7. The van der Waals surface area contributed by atoms with Gasteiger partial charge in [0.1, 0.15) is 18.0 Å². The van der Waals surface area contributed by atoms with Crippen LogP contribution < -0.4 is 10.2 Å². The molecule has 0 aliphatic carbocycles. The highest BCUT2D eigenvalue weighted by atomic mass is 16.3. The van der Waals surface area contributed by atoms with E-state index in [0.717, 1.165) is 24.6 Å². The van der Waals surface area contributed by atoms with E-state index in [1.807, 2.05) is 30.4 Å². The number of likely N-dealkylation sites (N-methyl/N-ethyl adjacent to an activating group) is 1. The minimum absolute atomic E-state index is 0.108. The highest BCUT2D eigenvalue weighted by Crippen LogP contribution is 2.12. The van der Waals surface area contributed by atoms with Gasteiger partial charge in [-0.2, -0.15) is 0 Å². The summed E-state index contributed by atoms with van der Waals surface area (Å²) in [7, 11) is 1.89. The largest absolute Gasteiger partial charge is 0.395 e. The maximum Gasteiger partial charge on any atom is 0.133 e. The van der Waals surface area contributed by atoms with Crippen LogP contribution in [0.1, 0.15) is 5.56 Å². The molecule has 0 amide bonds. The van der Waals surface area contributed by atoms with Crippen LogP contribution >= 0.6 is 0 Å². The Bertz CT molecular complexity index is 486. The summed E-state index contributed by atoms with van der Waals surface area (Å²) >= 11 is 0. The normalized spacial score (nSPS) is 10.4. The summed E-state index contributed by atoms with van der Waals surface area (Å²) in [4.78, 5) is 13.3. The molecule has 19 heavy (non-hydrogen) atoms. The van der Waals surface area contributed by atoms with E-state index in [9.17, 15) is 0 Å². The molecule has 6 nitrogen and oxygen atoms in total. The Kier molecular flexibility index (Phi) is 4.74. The molecule has 0 aliphatic heterocycles. The fraction of sp³-hybridized carbons (Fsp3) is 0.385. The lowest BCUT2D eigenvalue weighted by atomic mass is 10.2. The summed E-state index contributed by atoms with van der Waals surface area (Å²) in [6, 6.07) is 3.94. The van der Waals surface area contributed by atoms with E-state index in [-0.39, 0.29) is 6.61 Å². The van der Waals surface area contributed by atoms with Gasteiger partial charge in [-0.3, -0.25) is 0 Å². The molecule has 2 rings (SSSR count). The first-order chi connectivity index (χ1) is 9.29. The Labute approximate surface area is 112 Å². The summed E-state index contributed by atoms with van der Waals surface area (Å²) < 4.78 is 0. The Morgan fingerprint density at radius 3 is 3.05 bits per heavy atom. The molecule has 0 fully saturated rings. The lowest BCUT2D eigenvalue weighted by Crippen LogP contribution is -2.22. The molecule has 102 valence electrons. The molecular weight excluding hydrogens is 242 g/mol. The third kappa shape index (κ3) is 3.96. The lowest BCUT2D eigenvalue weighted by molar-refractivity contribution is 0.304. The van der Waals surface area contributed by atoms with E-state index in [1.165, 1.54) is 11.9 Å². The molecule has 2 heterocycles. The second-order valence-electron chi connectivity index (χ2n) is 4.30. The zero-order valence-corrected chi connectivity index (χ0v) is 11.0. The van der Waals surface area contributed by atoms with Gasteiger partial charge in [-0.25, -0.2) is 9.97 Å². The van der Waals surface area contributed by atoms with Crippen LogP contribution in [0, 0.1) is 0 Å². The van der Waals surface area contributed by atoms with Crippen LogP contribution in [0.2, 0.25) is 0 Å². The first kappa shape index (κ1) is 13.4. The molecule has 0 aromatic carbocycles. The van der Waals surface area contributed by atoms with Crippen molar-refractivity contribution < 1.29 is 5.11 Å². The molecule has 0 saturated heterocycles. The third-order valence-electron chi connectivity index (χ3n) is 2.86. The highest BCUT2D eigenvalue weighted by Gasteiger charge is 2.03. The number of hydrogen-bond donors (Lipinski definition) is 3. The van der Waals surface area contributed by atoms with Crippen molar-refractivity contribution in [2.75, 3.05) is 37.0 Å². The average Bonchev–Trinajstić information content (AvgIpc) is 2.93. The van der Waals surface area contributed by atoms with Crippen LogP contribution in [0.3, 0.4) is 0 Å². The van der Waals surface area contributed by atoms with Crippen LogP contribution in [0.15, 0.2) is 30.9 Å². The molecule has 0 radical (unpaired) electrons. The fourth-order valence-corrected chi connectivity index (χ4v) is 1.77. The van der Waals surface area contributed by atoms with Gasteiger partial charge in [0.2, 0.25) is 0 Å². The van der Waals surface area contributed by atoms with E-state index in [4.69, 9.17) is 5.11 Å². The number of aliphatic hydroxyl groups is 1. The van der Waals surface area contributed by atoms with Gasteiger partial charge in [0.05, 0.1) is 6.61 Å². The molecule has 0 spiro atoms. The van der Waals surface area contributed by atoms with Gasteiger partial charge in [-0.05, 0) is 18.1 Å². The summed E-state index contributed by atoms with van der Waals surface area (Å²) in [6.45, 7) is 1.48. The third-order valence-corrected chi connectivity index (χ3v) is 2.86. The number of aromatic amines is 1. The minimum Gasteiger partial charge on any atom is -0.395 e. The molecule has 2 aromatic heterocycles. The van der Waals surface area contributed by atoms with Crippen molar-refractivity contribution in [2.24, 2.45) is 0 Å². The maximum absolute atomic E-state index is 8.91. The number of anilines is 2. The first-order valence-electron chi connectivity index (χ1n) is 6.29. The predicted octanol–water partition coefficient (Wildman–Crippen LogP) is 0.888. The summed E-state index contributed by atoms with van der Waals surface area (Å²) in [5.74, 6) is 1.60. The molecule has 3 N–H and O–H groups in total. The van der Waals surface area contributed by atoms with Crippen LogP contribution in [-0.2, 0) is 6.42 Å². The summed E-state index contributed by atoms with van der Waals surface area (Å²) in [5.41, 5.74) is 1.26. The molecule has 0 unspecified atom stereocenters. The summed E-state index contributed by atoms with van der Waals surface area (Å²) in [5, 5.41) is 12.2. The molecule has 6 heteroatoms. The second kappa shape index (κ2) is 6.75. The molecular formula is C13H19N5O. The number of aliphatic hydroxyl groups excluding tert-OH is 1. The topological polar surface area (TPSA) is 77.1 Å². The smallest absolute Gasteiger partial charge is 0.133 e. The summed E-state index contributed by atoms with van der Waals surface area (Å²) in [6.07, 6.45) is 6.38. The maximum atomic E-state index is 8.91. The fourth-order valence-electron chi connectivity index (χ4n) is 1.77. The van der Waals surface area contributed by atoms with Gasteiger partial charge in [-0.1, -0.05) is 0 Å². The number of nitrogens with zero attached hydrogens (tertiary/aromatic N) is 3. The standard InChI is InChI=1S/C13H19N5O/c1-18(6-7-19)13-8-12(16-10-17-13)15-5-3-11-2-4-14-9-11/h2,4,8-10,14,19H,3,5-7H2,1H3,(H,15,16,17). The number of aromatic nitrogens is 3. The Morgan fingerprint density at radius 1 is 1.42 bits per heavy atom. The Hall–Kier alpha value is -2.08. The van der Waals surface area contributed by atoms with Gasteiger partial charge in [-0.15, -0.1) is 0 Å². The Balaban J connectivity index is 1.88. The molecule has 0 aliphatic rings. The minimum atomic E-state index is 0.108. The molecule has 0 saturated carbocycles. The van der Waals surface area contributed by atoms with Crippen molar-refractivity contribution >= 4 is 11.6 Å². The monoisotopic (exact) mass is 261 g/mol. The number of hydrogen-bond acceptors (Lipinski definition) is 5. The van der Waals surface area contributed by atoms with E-state index in [1.54, 1.807) is 0 Å². The van der Waals surface area contributed by atoms with E-state index in [2.05, 4.69) is 26.3 Å². The van der Waals surface area contributed by atoms with E-state index >= 15 is 0 Å². The van der Waals surface area contributed by atoms with Crippen molar-refractivity contribution in [1.29, 1.82) is 0 Å². The zero-order chi connectivity index (χ0) is 13.5. The molecule has 2 aromatic rings. The second-order valence-corrected chi connectivity index (χ2v) is 4.30. The van der Waals surface area contributed by atoms with Crippen molar-refractivity contribution in [2.45, 2.75) is 6.42 Å². The number of nitrogens with one attached hydrogen (secondary N) is 2. The Morgan fingerprint density at radius 2 is 2.32 bits per heavy atom. The van der Waals surface area contributed by atoms with Crippen molar-refractivity contribution in [3.8, 4) is 0 Å². The average molecular weight is 261 g/mol. The van der Waals surface area contributed by atoms with Crippen LogP contribution in [0.5, 0.6) is 0 Å². The first-order valence-corrected chi connectivity index (χ1v) is 6.29. The van der Waals surface area contributed by atoms with Gasteiger partial charge in [0, 0.05) is 38.6 Å². The van der Waals surface area contributed by atoms with Crippen LogP contribution in [0.25, 0.3) is 0 Å². The van der Waals surface area contributed by atoms with Gasteiger partial charge in [0.15, 0.2) is 0 Å². The van der Waals surface area contributed by atoms with Crippen LogP contribution in [-0.4, -0.2) is 46.8 Å². The quantitative estimate of drug-likeness (QED) is 0.690. The zero-order valence-electron chi connectivity index (χ0n) is 11.0. The number of H-pyrrole nitrogens is 1. The van der Waals surface area contributed by atoms with Crippen LogP contribution in [0.4, 0.5) is 11.6 Å². The van der Waals surface area contributed by atoms with E-state index in [0.29, 0.717) is 6.54 Å². The lowest BCUT2D eigenvalue weighted by Gasteiger charge is -2.17.